The Labute approximate surface area is 240 Å². The van der Waals surface area contributed by atoms with Crippen LogP contribution < -0.4 is 14.2 Å². The summed E-state index contributed by atoms with van der Waals surface area (Å²) in [6.45, 7) is 7.16. The summed E-state index contributed by atoms with van der Waals surface area (Å²) >= 11 is 0. The molecule has 0 bridgehead atoms. The van der Waals surface area contributed by atoms with Crippen LogP contribution in [0.25, 0.3) is 11.3 Å². The molecule has 0 spiro atoms. The van der Waals surface area contributed by atoms with Crippen molar-refractivity contribution in [1.82, 2.24) is 15.1 Å². The number of phenolic OH excluding ortho intramolecular Hbond substituents is 1. The maximum Gasteiger partial charge on any atom is 0.273 e. The molecule has 0 saturated heterocycles. The van der Waals surface area contributed by atoms with Gasteiger partial charge in [-0.15, -0.1) is 0 Å². The molecule has 5 rings (SSSR count). The maximum atomic E-state index is 13.9. The van der Waals surface area contributed by atoms with E-state index < -0.39 is 6.04 Å². The number of ether oxygens (including phenoxy) is 3. The molecule has 8 nitrogen and oxygen atoms in total. The lowest BCUT2D eigenvalue weighted by Crippen LogP contribution is -2.31. The van der Waals surface area contributed by atoms with Gasteiger partial charge >= 0.3 is 0 Å². The van der Waals surface area contributed by atoms with Crippen LogP contribution in [0.5, 0.6) is 23.0 Å². The number of nitrogens with one attached hydrogen (secondary N) is 1. The van der Waals surface area contributed by atoms with E-state index in [0.717, 1.165) is 46.4 Å². The van der Waals surface area contributed by atoms with Gasteiger partial charge in [-0.05, 0) is 79.3 Å². The van der Waals surface area contributed by atoms with Gasteiger partial charge in [-0.1, -0.05) is 37.6 Å². The van der Waals surface area contributed by atoms with E-state index in [0.29, 0.717) is 48.0 Å². The number of carbonyl (C=O) groups is 1. The van der Waals surface area contributed by atoms with Crippen LogP contribution in [0.3, 0.4) is 0 Å². The SMILES string of the molecule is CCCCOc1ccc(C2c3c(-c4c(C)cc(C)cc4O)n[nH]c3C(=O)N2CCc2ccc(OC)c(OC)c2)cc1. The Morgan fingerprint density at radius 1 is 1.00 bits per heavy atom. The number of benzene rings is 3. The van der Waals surface area contributed by atoms with Crippen molar-refractivity contribution in [3.05, 3.63) is 88.1 Å². The Morgan fingerprint density at radius 2 is 1.76 bits per heavy atom. The smallest absolute Gasteiger partial charge is 0.273 e. The number of carbonyl (C=O) groups excluding carboxylic acids is 1. The first-order chi connectivity index (χ1) is 19.9. The van der Waals surface area contributed by atoms with Crippen molar-refractivity contribution in [3.8, 4) is 34.3 Å². The monoisotopic (exact) mass is 555 g/mol. The molecular formula is C33H37N3O5. The van der Waals surface area contributed by atoms with Gasteiger partial charge in [0, 0.05) is 17.7 Å². The van der Waals surface area contributed by atoms with Crippen molar-refractivity contribution in [2.24, 2.45) is 0 Å². The highest BCUT2D eigenvalue weighted by Crippen LogP contribution is 2.46. The van der Waals surface area contributed by atoms with Crippen LogP contribution in [-0.4, -0.2) is 53.5 Å². The number of hydrogen-bond donors (Lipinski definition) is 2. The van der Waals surface area contributed by atoms with Crippen molar-refractivity contribution in [1.29, 1.82) is 0 Å². The molecule has 0 aliphatic carbocycles. The van der Waals surface area contributed by atoms with Gasteiger partial charge in [0.15, 0.2) is 11.5 Å². The fraction of sp³-hybridized carbons (Fsp3) is 0.333. The second-order valence-electron chi connectivity index (χ2n) is 10.4. The molecule has 1 amide bonds. The van der Waals surface area contributed by atoms with E-state index in [-0.39, 0.29) is 11.7 Å². The molecule has 2 heterocycles. The molecule has 214 valence electrons. The van der Waals surface area contributed by atoms with Gasteiger partial charge in [0.1, 0.15) is 22.9 Å². The lowest BCUT2D eigenvalue weighted by Gasteiger charge is -2.27. The van der Waals surface area contributed by atoms with Crippen LogP contribution >= 0.6 is 0 Å². The van der Waals surface area contributed by atoms with Gasteiger partial charge < -0.3 is 24.2 Å². The number of aromatic hydroxyl groups is 1. The minimum absolute atomic E-state index is 0.128. The Kier molecular flexibility index (Phi) is 8.19. The lowest BCUT2D eigenvalue weighted by molar-refractivity contribution is 0.0746. The van der Waals surface area contributed by atoms with E-state index in [9.17, 15) is 9.90 Å². The normalized spacial score (nSPS) is 14.3. The lowest BCUT2D eigenvalue weighted by atomic mass is 9.93. The van der Waals surface area contributed by atoms with Crippen molar-refractivity contribution in [2.75, 3.05) is 27.4 Å². The third kappa shape index (κ3) is 5.46. The van der Waals surface area contributed by atoms with E-state index in [2.05, 4.69) is 17.1 Å². The van der Waals surface area contributed by atoms with Gasteiger partial charge in [0.05, 0.1) is 26.9 Å². The standard InChI is InChI=1S/C33H37N3O5/c1-6-7-16-41-24-11-9-23(10-12-24)32-29-30(28-21(3)17-20(2)18-25(28)37)34-35-31(29)33(38)36(32)15-14-22-8-13-26(39-4)27(19-22)40-5/h8-13,17-19,32,37H,6-7,14-16H2,1-5H3,(H,34,35). The number of rotatable bonds is 11. The second kappa shape index (κ2) is 12.0. The van der Waals surface area contributed by atoms with Crippen molar-refractivity contribution in [3.63, 3.8) is 0 Å². The number of aryl methyl sites for hydroxylation is 2. The first-order valence-corrected chi connectivity index (χ1v) is 14.0. The number of nitrogens with zero attached hydrogens (tertiary/aromatic N) is 2. The maximum absolute atomic E-state index is 13.9. The molecule has 0 saturated carbocycles. The summed E-state index contributed by atoms with van der Waals surface area (Å²) in [6.07, 6.45) is 2.67. The van der Waals surface area contributed by atoms with Crippen LogP contribution in [-0.2, 0) is 6.42 Å². The molecule has 2 N–H and O–H groups in total. The number of amides is 1. The predicted molar refractivity (Wildman–Crippen MR) is 158 cm³/mol. The molecular weight excluding hydrogens is 518 g/mol. The van der Waals surface area contributed by atoms with Crippen molar-refractivity contribution in [2.45, 2.75) is 46.1 Å². The molecule has 8 heteroatoms. The number of methoxy groups -OCH3 is 2. The van der Waals surface area contributed by atoms with Gasteiger partial charge in [0.25, 0.3) is 5.91 Å². The highest BCUT2D eigenvalue weighted by atomic mass is 16.5. The summed E-state index contributed by atoms with van der Waals surface area (Å²) < 4.78 is 16.8. The molecule has 1 aromatic heterocycles. The van der Waals surface area contributed by atoms with Crippen molar-refractivity contribution < 1.29 is 24.1 Å². The van der Waals surface area contributed by atoms with Crippen LogP contribution in [0.4, 0.5) is 0 Å². The molecule has 0 radical (unpaired) electrons. The van der Waals surface area contributed by atoms with E-state index in [1.807, 2.05) is 67.3 Å². The number of aromatic amines is 1. The van der Waals surface area contributed by atoms with Gasteiger partial charge in [-0.2, -0.15) is 5.10 Å². The van der Waals surface area contributed by atoms with Crippen LogP contribution in [0, 0.1) is 13.8 Å². The zero-order valence-electron chi connectivity index (χ0n) is 24.3. The Morgan fingerprint density at radius 3 is 2.44 bits per heavy atom. The number of aromatic nitrogens is 2. The second-order valence-corrected chi connectivity index (χ2v) is 10.4. The molecule has 4 aromatic rings. The summed E-state index contributed by atoms with van der Waals surface area (Å²) in [7, 11) is 3.22. The third-order valence-corrected chi connectivity index (χ3v) is 7.61. The summed E-state index contributed by atoms with van der Waals surface area (Å²) in [5, 5.41) is 18.5. The summed E-state index contributed by atoms with van der Waals surface area (Å²) in [4.78, 5) is 15.7. The molecule has 41 heavy (non-hydrogen) atoms. The van der Waals surface area contributed by atoms with E-state index in [4.69, 9.17) is 14.2 Å². The zero-order valence-corrected chi connectivity index (χ0v) is 24.3. The third-order valence-electron chi connectivity index (χ3n) is 7.61. The minimum Gasteiger partial charge on any atom is -0.507 e. The average Bonchev–Trinajstić information content (AvgIpc) is 3.50. The van der Waals surface area contributed by atoms with Crippen LogP contribution in [0.1, 0.15) is 64.1 Å². The van der Waals surface area contributed by atoms with Crippen molar-refractivity contribution >= 4 is 5.91 Å². The van der Waals surface area contributed by atoms with Gasteiger partial charge in [-0.3, -0.25) is 9.89 Å². The first kappa shape index (κ1) is 28.1. The molecule has 1 unspecified atom stereocenters. The number of H-pyrrole nitrogens is 1. The molecule has 3 aromatic carbocycles. The van der Waals surface area contributed by atoms with E-state index in [1.54, 1.807) is 20.3 Å². The number of hydrogen-bond acceptors (Lipinski definition) is 6. The van der Waals surface area contributed by atoms with Crippen LogP contribution in [0.2, 0.25) is 0 Å². The van der Waals surface area contributed by atoms with Gasteiger partial charge in [-0.25, -0.2) is 0 Å². The Hall–Kier alpha value is -4.46. The van der Waals surface area contributed by atoms with E-state index in [1.165, 1.54) is 0 Å². The minimum atomic E-state index is -0.392. The first-order valence-electron chi connectivity index (χ1n) is 14.0. The predicted octanol–water partition coefficient (Wildman–Crippen LogP) is 6.38. The summed E-state index contributed by atoms with van der Waals surface area (Å²) in [5.41, 5.74) is 6.25. The summed E-state index contributed by atoms with van der Waals surface area (Å²) in [5.74, 6) is 2.12. The molecule has 1 aliphatic rings. The summed E-state index contributed by atoms with van der Waals surface area (Å²) in [6, 6.07) is 17.1. The number of fused-ring (bicyclic) bond motifs is 1. The molecule has 1 aliphatic heterocycles. The number of phenols is 1. The van der Waals surface area contributed by atoms with Crippen LogP contribution in [0.15, 0.2) is 54.6 Å². The fourth-order valence-corrected chi connectivity index (χ4v) is 5.58. The molecule has 0 fully saturated rings. The molecule has 1 atom stereocenters. The largest absolute Gasteiger partial charge is 0.507 e. The fourth-order valence-electron chi connectivity index (χ4n) is 5.58. The van der Waals surface area contributed by atoms with Gasteiger partial charge in [0.2, 0.25) is 0 Å². The average molecular weight is 556 g/mol. The highest BCUT2D eigenvalue weighted by molar-refractivity contribution is 6.00. The number of unbranched alkanes of at least 4 members (excludes halogenated alkanes) is 1. The zero-order chi connectivity index (χ0) is 29.1. The topological polar surface area (TPSA) is 96.9 Å². The Balaban J connectivity index is 1.53. The Bertz CT molecular complexity index is 1520. The van der Waals surface area contributed by atoms with E-state index >= 15 is 0 Å². The highest BCUT2D eigenvalue weighted by Gasteiger charge is 2.42. The quantitative estimate of drug-likeness (QED) is 0.208.